The molecule has 0 saturated carbocycles. The van der Waals surface area contributed by atoms with Gasteiger partial charge in [0.2, 0.25) is 0 Å². The summed E-state index contributed by atoms with van der Waals surface area (Å²) in [5.41, 5.74) is 0.417. The average Bonchev–Trinajstić information content (AvgIpc) is 2.10. The van der Waals surface area contributed by atoms with Gasteiger partial charge in [0, 0.05) is 6.20 Å². The van der Waals surface area contributed by atoms with E-state index in [1.54, 1.807) is 6.07 Å². The summed E-state index contributed by atoms with van der Waals surface area (Å²) in [6.07, 6.45) is 3.54. The summed E-state index contributed by atoms with van der Waals surface area (Å²) in [5, 5.41) is 0. The van der Waals surface area contributed by atoms with Gasteiger partial charge in [0.25, 0.3) is 0 Å². The van der Waals surface area contributed by atoms with Crippen LogP contribution in [0.2, 0.25) is 0 Å². The molecule has 0 aliphatic rings. The number of carbonyl (C=O) groups is 1. The van der Waals surface area contributed by atoms with Crippen LogP contribution in [-0.2, 0) is 0 Å². The van der Waals surface area contributed by atoms with E-state index in [1.807, 2.05) is 13.8 Å². The summed E-state index contributed by atoms with van der Waals surface area (Å²) in [7, 11) is 0. The molecule has 1 aromatic rings. The molecule has 0 saturated heterocycles. The second kappa shape index (κ2) is 5.88. The van der Waals surface area contributed by atoms with Gasteiger partial charge in [0.05, 0.1) is 0 Å². The lowest BCUT2D eigenvalue weighted by Crippen LogP contribution is -1.83. The number of rotatable bonds is 1. The SMILES string of the molecule is CC.O=Cc1ccncn1. The Morgan fingerprint density at radius 2 is 2.20 bits per heavy atom. The van der Waals surface area contributed by atoms with Crippen molar-refractivity contribution in [1.82, 2.24) is 9.97 Å². The van der Waals surface area contributed by atoms with Crippen molar-refractivity contribution in [2.24, 2.45) is 0 Å². The molecule has 0 aliphatic carbocycles. The van der Waals surface area contributed by atoms with Crippen LogP contribution in [0.25, 0.3) is 0 Å². The Kier molecular flexibility index (Phi) is 5.14. The lowest BCUT2D eigenvalue weighted by atomic mass is 10.5. The molecule has 1 rings (SSSR count). The Labute approximate surface area is 60.1 Å². The van der Waals surface area contributed by atoms with Crippen LogP contribution in [0.4, 0.5) is 0 Å². The van der Waals surface area contributed by atoms with E-state index in [9.17, 15) is 4.79 Å². The summed E-state index contributed by atoms with van der Waals surface area (Å²) in [4.78, 5) is 17.2. The molecular weight excluding hydrogens is 128 g/mol. The first kappa shape index (κ1) is 8.75. The molecule has 0 aliphatic heterocycles. The lowest BCUT2D eigenvalue weighted by Gasteiger charge is -1.80. The van der Waals surface area contributed by atoms with Crippen LogP contribution in [0.15, 0.2) is 18.6 Å². The van der Waals surface area contributed by atoms with E-state index in [4.69, 9.17) is 0 Å². The van der Waals surface area contributed by atoms with Gasteiger partial charge in [-0.2, -0.15) is 0 Å². The molecule has 0 radical (unpaired) electrons. The number of aromatic nitrogens is 2. The number of nitrogens with zero attached hydrogens (tertiary/aromatic N) is 2. The molecule has 0 atom stereocenters. The largest absolute Gasteiger partial charge is 0.296 e. The number of hydrogen-bond donors (Lipinski definition) is 0. The molecule has 0 bridgehead atoms. The maximum absolute atomic E-state index is 9.92. The lowest BCUT2D eigenvalue weighted by molar-refractivity contribution is 0.111. The number of hydrogen-bond acceptors (Lipinski definition) is 3. The minimum absolute atomic E-state index is 0.417. The van der Waals surface area contributed by atoms with E-state index in [0.29, 0.717) is 12.0 Å². The summed E-state index contributed by atoms with van der Waals surface area (Å²) in [6.45, 7) is 4.00. The molecule has 1 aromatic heterocycles. The standard InChI is InChI=1S/C5H4N2O.C2H6/c8-3-5-1-2-6-4-7-5;1-2/h1-4H;1-2H3. The van der Waals surface area contributed by atoms with Crippen LogP contribution in [0.5, 0.6) is 0 Å². The Morgan fingerprint density at radius 3 is 2.50 bits per heavy atom. The Bertz CT molecular complexity index is 174. The molecule has 0 spiro atoms. The second-order valence-corrected chi connectivity index (χ2v) is 1.25. The van der Waals surface area contributed by atoms with Crippen LogP contribution in [0.3, 0.4) is 0 Å². The Balaban J connectivity index is 0.000000371. The zero-order chi connectivity index (χ0) is 7.82. The quantitative estimate of drug-likeness (QED) is 0.549. The predicted octanol–water partition coefficient (Wildman–Crippen LogP) is 1.32. The van der Waals surface area contributed by atoms with Crippen LogP contribution < -0.4 is 0 Å². The number of carbonyl (C=O) groups excluding carboxylic acids is 1. The average molecular weight is 138 g/mol. The zero-order valence-corrected chi connectivity index (χ0v) is 6.11. The van der Waals surface area contributed by atoms with Gasteiger partial charge < -0.3 is 0 Å². The monoisotopic (exact) mass is 138 g/mol. The van der Waals surface area contributed by atoms with Gasteiger partial charge in [0.1, 0.15) is 12.0 Å². The molecule has 0 unspecified atom stereocenters. The van der Waals surface area contributed by atoms with Crippen molar-refractivity contribution in [2.75, 3.05) is 0 Å². The van der Waals surface area contributed by atoms with Crippen molar-refractivity contribution in [1.29, 1.82) is 0 Å². The maximum Gasteiger partial charge on any atom is 0.168 e. The summed E-state index contributed by atoms with van der Waals surface area (Å²) < 4.78 is 0. The van der Waals surface area contributed by atoms with Crippen molar-refractivity contribution >= 4 is 6.29 Å². The highest BCUT2D eigenvalue weighted by Crippen LogP contribution is 1.81. The van der Waals surface area contributed by atoms with E-state index in [0.717, 1.165) is 0 Å². The molecule has 0 fully saturated rings. The highest BCUT2D eigenvalue weighted by Gasteiger charge is 1.82. The third kappa shape index (κ3) is 2.91. The molecule has 3 heteroatoms. The highest BCUT2D eigenvalue weighted by atomic mass is 16.1. The van der Waals surface area contributed by atoms with Crippen LogP contribution >= 0.6 is 0 Å². The number of aldehydes is 1. The molecule has 0 amide bonds. The molecule has 10 heavy (non-hydrogen) atoms. The summed E-state index contributed by atoms with van der Waals surface area (Å²) >= 11 is 0. The van der Waals surface area contributed by atoms with Gasteiger partial charge in [-0.25, -0.2) is 9.97 Å². The first-order valence-electron chi connectivity index (χ1n) is 3.14. The van der Waals surface area contributed by atoms with Crippen LogP contribution in [-0.4, -0.2) is 16.3 Å². The molecular formula is C7H10N2O. The van der Waals surface area contributed by atoms with E-state index in [1.165, 1.54) is 12.5 Å². The van der Waals surface area contributed by atoms with Gasteiger partial charge in [-0.05, 0) is 6.07 Å². The van der Waals surface area contributed by atoms with Crippen molar-refractivity contribution in [2.45, 2.75) is 13.8 Å². The predicted molar refractivity (Wildman–Crippen MR) is 38.8 cm³/mol. The van der Waals surface area contributed by atoms with Crippen molar-refractivity contribution in [3.63, 3.8) is 0 Å². The first-order valence-corrected chi connectivity index (χ1v) is 3.14. The zero-order valence-electron chi connectivity index (χ0n) is 6.11. The summed E-state index contributed by atoms with van der Waals surface area (Å²) in [6, 6.07) is 1.55. The van der Waals surface area contributed by atoms with Crippen LogP contribution in [0, 0.1) is 0 Å². The second-order valence-electron chi connectivity index (χ2n) is 1.25. The Morgan fingerprint density at radius 1 is 1.50 bits per heavy atom. The van der Waals surface area contributed by atoms with Crippen molar-refractivity contribution < 1.29 is 4.79 Å². The maximum atomic E-state index is 9.92. The van der Waals surface area contributed by atoms with Gasteiger partial charge in [-0.3, -0.25) is 4.79 Å². The van der Waals surface area contributed by atoms with Gasteiger partial charge >= 0.3 is 0 Å². The molecule has 1 heterocycles. The van der Waals surface area contributed by atoms with E-state index in [2.05, 4.69) is 9.97 Å². The fraction of sp³-hybridized carbons (Fsp3) is 0.286. The molecule has 54 valence electrons. The molecule has 3 nitrogen and oxygen atoms in total. The topological polar surface area (TPSA) is 42.9 Å². The normalized spacial score (nSPS) is 7.40. The van der Waals surface area contributed by atoms with Gasteiger partial charge in [-0.1, -0.05) is 13.8 Å². The van der Waals surface area contributed by atoms with Crippen LogP contribution in [0.1, 0.15) is 24.3 Å². The van der Waals surface area contributed by atoms with Crippen molar-refractivity contribution in [3.8, 4) is 0 Å². The third-order valence-electron chi connectivity index (χ3n) is 0.726. The molecule has 0 aromatic carbocycles. The van der Waals surface area contributed by atoms with Crippen molar-refractivity contribution in [3.05, 3.63) is 24.3 Å². The molecule has 0 N–H and O–H groups in total. The smallest absolute Gasteiger partial charge is 0.168 e. The third-order valence-corrected chi connectivity index (χ3v) is 0.726. The first-order chi connectivity index (χ1) is 4.93. The Hall–Kier alpha value is -1.25. The fourth-order valence-electron chi connectivity index (χ4n) is 0.371. The highest BCUT2D eigenvalue weighted by molar-refractivity contribution is 5.70. The van der Waals surface area contributed by atoms with E-state index in [-0.39, 0.29) is 0 Å². The van der Waals surface area contributed by atoms with Gasteiger partial charge in [0.15, 0.2) is 6.29 Å². The van der Waals surface area contributed by atoms with E-state index < -0.39 is 0 Å². The van der Waals surface area contributed by atoms with Gasteiger partial charge in [-0.15, -0.1) is 0 Å². The summed E-state index contributed by atoms with van der Waals surface area (Å²) in [5.74, 6) is 0. The minimum Gasteiger partial charge on any atom is -0.296 e. The van der Waals surface area contributed by atoms with E-state index >= 15 is 0 Å². The fourth-order valence-corrected chi connectivity index (χ4v) is 0.371. The minimum atomic E-state index is 0.417.